The first-order chi connectivity index (χ1) is 6.86. The van der Waals surface area contributed by atoms with Crippen molar-refractivity contribution < 1.29 is 4.42 Å². The lowest BCUT2D eigenvalue weighted by Gasteiger charge is -2.01. The smallest absolute Gasteiger partial charge is 0.134 e. The van der Waals surface area contributed by atoms with Crippen LogP contribution in [0.2, 0.25) is 0 Å². The molecule has 0 aliphatic rings. The van der Waals surface area contributed by atoms with E-state index in [1.807, 2.05) is 12.1 Å². The second-order valence-electron chi connectivity index (χ2n) is 3.57. The molecule has 0 saturated carbocycles. The van der Waals surface area contributed by atoms with Crippen LogP contribution in [0.1, 0.15) is 5.56 Å². The Morgan fingerprint density at radius 3 is 2.71 bits per heavy atom. The van der Waals surface area contributed by atoms with Crippen LogP contribution in [0.3, 0.4) is 0 Å². The molecule has 0 bridgehead atoms. The lowest BCUT2D eigenvalue weighted by Crippen LogP contribution is -1.77. The van der Waals surface area contributed by atoms with Gasteiger partial charge in [0.25, 0.3) is 0 Å². The second-order valence-corrected chi connectivity index (χ2v) is 3.57. The van der Waals surface area contributed by atoms with Gasteiger partial charge in [0.1, 0.15) is 5.58 Å². The molecule has 3 rings (SSSR count). The molecule has 0 N–H and O–H groups in total. The summed E-state index contributed by atoms with van der Waals surface area (Å²) in [7, 11) is 0. The molecule has 0 fully saturated rings. The molecule has 0 unspecified atom stereocenters. The van der Waals surface area contributed by atoms with E-state index in [0.29, 0.717) is 0 Å². The molecule has 14 heavy (non-hydrogen) atoms. The Bertz CT molecular complexity index is 605. The molecule has 3 aromatic rings. The van der Waals surface area contributed by atoms with Crippen molar-refractivity contribution in [1.29, 1.82) is 0 Å². The number of benzene rings is 2. The van der Waals surface area contributed by atoms with Crippen LogP contribution in [0.5, 0.6) is 0 Å². The van der Waals surface area contributed by atoms with Crippen molar-refractivity contribution in [2.45, 2.75) is 6.92 Å². The van der Waals surface area contributed by atoms with Crippen molar-refractivity contribution in [2.24, 2.45) is 0 Å². The molecule has 0 atom stereocenters. The monoisotopic (exact) mass is 182 g/mol. The average Bonchev–Trinajstić information content (AvgIpc) is 2.66. The highest BCUT2D eigenvalue weighted by molar-refractivity contribution is 6.06. The normalized spacial score (nSPS) is 11.2. The Labute approximate surface area is 82.0 Å². The summed E-state index contributed by atoms with van der Waals surface area (Å²) in [4.78, 5) is 0. The van der Waals surface area contributed by atoms with Gasteiger partial charge in [0.15, 0.2) is 0 Å². The molecule has 1 aromatic heterocycles. The minimum atomic E-state index is 0.961. The van der Waals surface area contributed by atoms with Crippen molar-refractivity contribution in [1.82, 2.24) is 0 Å². The summed E-state index contributed by atoms with van der Waals surface area (Å²) < 4.78 is 5.37. The Hall–Kier alpha value is -1.76. The van der Waals surface area contributed by atoms with E-state index in [1.165, 1.54) is 21.7 Å². The van der Waals surface area contributed by atoms with E-state index < -0.39 is 0 Å². The highest BCUT2D eigenvalue weighted by Gasteiger charge is 2.03. The van der Waals surface area contributed by atoms with Crippen molar-refractivity contribution in [2.75, 3.05) is 0 Å². The molecule has 0 radical (unpaired) electrons. The van der Waals surface area contributed by atoms with Crippen molar-refractivity contribution >= 4 is 21.7 Å². The van der Waals surface area contributed by atoms with Gasteiger partial charge in [-0.3, -0.25) is 0 Å². The Kier molecular flexibility index (Phi) is 1.42. The molecule has 1 nitrogen and oxygen atoms in total. The van der Waals surface area contributed by atoms with E-state index in [2.05, 4.69) is 31.2 Å². The van der Waals surface area contributed by atoms with Crippen LogP contribution in [-0.2, 0) is 0 Å². The highest BCUT2D eigenvalue weighted by Crippen LogP contribution is 2.27. The topological polar surface area (TPSA) is 13.1 Å². The molecular weight excluding hydrogens is 172 g/mol. The molecule has 0 aliphatic heterocycles. The first kappa shape index (κ1) is 7.63. The van der Waals surface area contributed by atoms with Gasteiger partial charge in [0, 0.05) is 5.39 Å². The fraction of sp³-hybridized carbons (Fsp3) is 0.0769. The first-order valence-corrected chi connectivity index (χ1v) is 4.72. The van der Waals surface area contributed by atoms with E-state index in [0.717, 1.165) is 5.58 Å². The zero-order chi connectivity index (χ0) is 9.54. The van der Waals surface area contributed by atoms with Gasteiger partial charge in [0.2, 0.25) is 0 Å². The molecular formula is C13H10O. The third-order valence-corrected chi connectivity index (χ3v) is 2.71. The summed E-state index contributed by atoms with van der Waals surface area (Å²) >= 11 is 0. The molecule has 0 aliphatic carbocycles. The van der Waals surface area contributed by atoms with Crippen LogP contribution in [-0.4, -0.2) is 0 Å². The van der Waals surface area contributed by atoms with Gasteiger partial charge >= 0.3 is 0 Å². The zero-order valence-corrected chi connectivity index (χ0v) is 7.95. The van der Waals surface area contributed by atoms with Gasteiger partial charge in [-0.25, -0.2) is 0 Å². The van der Waals surface area contributed by atoms with E-state index in [9.17, 15) is 0 Å². The fourth-order valence-electron chi connectivity index (χ4n) is 1.97. The summed E-state index contributed by atoms with van der Waals surface area (Å²) in [6, 6.07) is 12.5. The van der Waals surface area contributed by atoms with E-state index in [4.69, 9.17) is 4.42 Å². The summed E-state index contributed by atoms with van der Waals surface area (Å²) in [5.41, 5.74) is 2.27. The van der Waals surface area contributed by atoms with Crippen LogP contribution in [0.4, 0.5) is 0 Å². The lowest BCUT2D eigenvalue weighted by molar-refractivity contribution is 0.616. The third-order valence-electron chi connectivity index (χ3n) is 2.71. The van der Waals surface area contributed by atoms with Gasteiger partial charge in [-0.1, -0.05) is 24.3 Å². The number of fused-ring (bicyclic) bond motifs is 3. The van der Waals surface area contributed by atoms with Crippen molar-refractivity contribution in [3.8, 4) is 0 Å². The zero-order valence-electron chi connectivity index (χ0n) is 7.95. The minimum absolute atomic E-state index is 0.961. The molecule has 0 amide bonds. The number of rotatable bonds is 0. The van der Waals surface area contributed by atoms with Crippen LogP contribution < -0.4 is 0 Å². The first-order valence-electron chi connectivity index (χ1n) is 4.72. The third kappa shape index (κ3) is 0.896. The molecule has 1 heterocycles. The van der Waals surface area contributed by atoms with Gasteiger partial charge in [-0.15, -0.1) is 0 Å². The molecule has 68 valence electrons. The SMILES string of the molecule is Cc1cccc2c1ccc1occc12. The number of furan rings is 1. The van der Waals surface area contributed by atoms with Gasteiger partial charge < -0.3 is 4.42 Å². The standard InChI is InChI=1S/C13H10O/c1-9-3-2-4-11-10(9)5-6-13-12(11)7-8-14-13/h2-8H,1H3. The maximum absolute atomic E-state index is 5.37. The Morgan fingerprint density at radius 2 is 1.79 bits per heavy atom. The van der Waals surface area contributed by atoms with Gasteiger partial charge in [-0.2, -0.15) is 0 Å². The molecule has 0 spiro atoms. The van der Waals surface area contributed by atoms with Crippen molar-refractivity contribution in [3.05, 3.63) is 48.2 Å². The summed E-state index contributed by atoms with van der Waals surface area (Å²) in [5, 5.41) is 3.78. The summed E-state index contributed by atoms with van der Waals surface area (Å²) in [5.74, 6) is 0. The molecule has 2 aromatic carbocycles. The average molecular weight is 182 g/mol. The van der Waals surface area contributed by atoms with Crippen LogP contribution >= 0.6 is 0 Å². The number of aryl methyl sites for hydroxylation is 1. The second kappa shape index (κ2) is 2.61. The van der Waals surface area contributed by atoms with Gasteiger partial charge in [0.05, 0.1) is 6.26 Å². The number of hydrogen-bond acceptors (Lipinski definition) is 1. The molecule has 0 saturated heterocycles. The minimum Gasteiger partial charge on any atom is -0.464 e. The van der Waals surface area contributed by atoms with E-state index in [-0.39, 0.29) is 0 Å². The van der Waals surface area contributed by atoms with Crippen LogP contribution in [0.15, 0.2) is 47.1 Å². The Morgan fingerprint density at radius 1 is 0.857 bits per heavy atom. The van der Waals surface area contributed by atoms with Crippen LogP contribution in [0.25, 0.3) is 21.7 Å². The van der Waals surface area contributed by atoms with E-state index >= 15 is 0 Å². The van der Waals surface area contributed by atoms with Gasteiger partial charge in [-0.05, 0) is 35.4 Å². The Balaban J connectivity index is 2.64. The maximum atomic E-state index is 5.37. The van der Waals surface area contributed by atoms with E-state index in [1.54, 1.807) is 6.26 Å². The number of hydrogen-bond donors (Lipinski definition) is 0. The van der Waals surface area contributed by atoms with Crippen molar-refractivity contribution in [3.63, 3.8) is 0 Å². The summed E-state index contributed by atoms with van der Waals surface area (Å²) in [6.07, 6.45) is 1.74. The summed E-state index contributed by atoms with van der Waals surface area (Å²) in [6.45, 7) is 2.13. The fourth-order valence-corrected chi connectivity index (χ4v) is 1.97. The maximum Gasteiger partial charge on any atom is 0.134 e. The van der Waals surface area contributed by atoms with Crippen LogP contribution in [0, 0.1) is 6.92 Å². The molecule has 1 heteroatoms. The quantitative estimate of drug-likeness (QED) is 0.514. The lowest BCUT2D eigenvalue weighted by atomic mass is 10.0. The predicted molar refractivity (Wildman–Crippen MR) is 58.5 cm³/mol. The highest BCUT2D eigenvalue weighted by atomic mass is 16.3. The largest absolute Gasteiger partial charge is 0.464 e. The predicted octanol–water partition coefficient (Wildman–Crippen LogP) is 3.89.